The smallest absolute Gasteiger partial charge is 0.343 e. The zero-order chi connectivity index (χ0) is 33.3. The lowest BCUT2D eigenvalue weighted by Gasteiger charge is -2.37. The van der Waals surface area contributed by atoms with Crippen LogP contribution in [0.5, 0.6) is 17.2 Å². The number of fused-ring (bicyclic) bond motifs is 3. The first kappa shape index (κ1) is 34.2. The van der Waals surface area contributed by atoms with Crippen molar-refractivity contribution in [1.29, 1.82) is 0 Å². The van der Waals surface area contributed by atoms with E-state index in [1.54, 1.807) is 24.3 Å². The van der Waals surface area contributed by atoms with Crippen molar-refractivity contribution >= 4 is 11.9 Å². The van der Waals surface area contributed by atoms with Gasteiger partial charge in [-0.25, -0.2) is 4.79 Å². The molecule has 2 fully saturated rings. The van der Waals surface area contributed by atoms with Crippen molar-refractivity contribution in [2.45, 2.75) is 84.5 Å². The lowest BCUT2D eigenvalue weighted by Crippen LogP contribution is -2.43. The quantitative estimate of drug-likeness (QED) is 0.0678. The van der Waals surface area contributed by atoms with Gasteiger partial charge in [0, 0.05) is 18.4 Å². The molecule has 3 aliphatic rings. The maximum atomic E-state index is 13.0. The summed E-state index contributed by atoms with van der Waals surface area (Å²) in [6, 6.07) is 18.7. The van der Waals surface area contributed by atoms with Crippen LogP contribution in [0.3, 0.4) is 0 Å². The zero-order valence-corrected chi connectivity index (χ0v) is 28.6. The van der Waals surface area contributed by atoms with Gasteiger partial charge < -0.3 is 23.7 Å². The first-order valence-corrected chi connectivity index (χ1v) is 18.0. The van der Waals surface area contributed by atoms with Gasteiger partial charge in [0.05, 0.1) is 37.9 Å². The minimum atomic E-state index is -0.418. The van der Waals surface area contributed by atoms with Gasteiger partial charge in [0.15, 0.2) is 0 Å². The molecule has 0 N–H and O–H groups in total. The molecule has 1 heterocycles. The van der Waals surface area contributed by atoms with Gasteiger partial charge in [0.2, 0.25) is 0 Å². The van der Waals surface area contributed by atoms with Crippen LogP contribution >= 0.6 is 0 Å². The molecule has 1 saturated heterocycles. The van der Waals surface area contributed by atoms with Crippen LogP contribution in [0, 0.1) is 17.3 Å². The highest BCUT2D eigenvalue weighted by Gasteiger charge is 2.33. The molecular formula is C41H50O7. The molecule has 0 aromatic heterocycles. The molecule has 0 radical (unpaired) electrons. The highest BCUT2D eigenvalue weighted by atomic mass is 16.5. The monoisotopic (exact) mass is 654 g/mol. The molecule has 0 unspecified atom stereocenters. The molecule has 1 saturated carbocycles. The number of ether oxygens (including phenoxy) is 5. The van der Waals surface area contributed by atoms with Crippen molar-refractivity contribution in [2.24, 2.45) is 17.3 Å². The van der Waals surface area contributed by atoms with Gasteiger partial charge in [0.1, 0.15) is 17.2 Å². The molecule has 7 nitrogen and oxygen atoms in total. The maximum absolute atomic E-state index is 13.0. The number of unbranched alkanes of at least 4 members (excludes halogenated alkanes) is 3. The van der Waals surface area contributed by atoms with Crippen LogP contribution in [0.25, 0.3) is 11.1 Å². The lowest BCUT2D eigenvalue weighted by atomic mass is 9.80. The summed E-state index contributed by atoms with van der Waals surface area (Å²) < 4.78 is 28.4. The summed E-state index contributed by atoms with van der Waals surface area (Å²) in [4.78, 5) is 25.9. The molecule has 1 aliphatic heterocycles. The number of hydrogen-bond acceptors (Lipinski definition) is 7. The lowest BCUT2D eigenvalue weighted by molar-refractivity contribution is -0.140. The van der Waals surface area contributed by atoms with Gasteiger partial charge in [-0.05, 0) is 109 Å². The van der Waals surface area contributed by atoms with E-state index < -0.39 is 5.97 Å². The van der Waals surface area contributed by atoms with E-state index in [4.69, 9.17) is 23.7 Å². The molecule has 2 aliphatic carbocycles. The molecule has 0 amide bonds. The summed E-state index contributed by atoms with van der Waals surface area (Å²) in [5.74, 6) is 2.05. The number of benzene rings is 3. The Hall–Kier alpha value is -3.68. The molecule has 0 atom stereocenters. The topological polar surface area (TPSA) is 80.3 Å². The van der Waals surface area contributed by atoms with Crippen LogP contribution in [0.1, 0.15) is 99.5 Å². The Morgan fingerprint density at radius 1 is 0.771 bits per heavy atom. The predicted octanol–water partition coefficient (Wildman–Crippen LogP) is 8.98. The van der Waals surface area contributed by atoms with Crippen LogP contribution in [0.2, 0.25) is 0 Å². The van der Waals surface area contributed by atoms with Crippen molar-refractivity contribution in [3.63, 3.8) is 0 Å². The third-order valence-corrected chi connectivity index (χ3v) is 10.0. The zero-order valence-electron chi connectivity index (χ0n) is 28.6. The second-order valence-electron chi connectivity index (χ2n) is 14.3. The average molecular weight is 655 g/mol. The van der Waals surface area contributed by atoms with E-state index in [9.17, 15) is 9.59 Å². The Bertz CT molecular complexity index is 1530. The first-order valence-electron chi connectivity index (χ1n) is 18.0. The van der Waals surface area contributed by atoms with Gasteiger partial charge in [-0.15, -0.1) is 0 Å². The van der Waals surface area contributed by atoms with Gasteiger partial charge in [0.25, 0.3) is 0 Å². The SMILES string of the molecule is CCCCCCC1CCC(C(=O)Oc2ccc3c(c2)Cc2cc(OC(=O)c4ccc(OCCCOCC5(C)COC5)cc4)ccc2-3)CC1. The molecule has 48 heavy (non-hydrogen) atoms. The number of carbonyl (C=O) groups is 2. The Morgan fingerprint density at radius 3 is 2.08 bits per heavy atom. The summed E-state index contributed by atoms with van der Waals surface area (Å²) in [6.45, 7) is 7.83. The molecule has 7 heteroatoms. The highest BCUT2D eigenvalue weighted by molar-refractivity contribution is 5.91. The van der Waals surface area contributed by atoms with E-state index in [0.29, 0.717) is 49.1 Å². The van der Waals surface area contributed by atoms with Crippen LogP contribution < -0.4 is 14.2 Å². The average Bonchev–Trinajstić information content (AvgIpc) is 3.44. The summed E-state index contributed by atoms with van der Waals surface area (Å²) in [5, 5.41) is 0. The molecular weight excluding hydrogens is 604 g/mol. The maximum Gasteiger partial charge on any atom is 0.343 e. The van der Waals surface area contributed by atoms with Crippen LogP contribution in [0.15, 0.2) is 60.7 Å². The molecule has 6 rings (SSSR count). The van der Waals surface area contributed by atoms with Crippen molar-refractivity contribution in [3.8, 4) is 28.4 Å². The Balaban J connectivity index is 0.942. The molecule has 3 aromatic rings. The van der Waals surface area contributed by atoms with E-state index in [2.05, 4.69) is 13.8 Å². The third kappa shape index (κ3) is 8.86. The summed E-state index contributed by atoms with van der Waals surface area (Å²) in [5.41, 5.74) is 5.04. The fraction of sp³-hybridized carbons (Fsp3) is 0.512. The van der Waals surface area contributed by atoms with Crippen molar-refractivity contribution in [1.82, 2.24) is 0 Å². The largest absolute Gasteiger partial charge is 0.494 e. The van der Waals surface area contributed by atoms with E-state index in [-0.39, 0.29) is 17.3 Å². The second-order valence-corrected chi connectivity index (χ2v) is 14.3. The highest BCUT2D eigenvalue weighted by Crippen LogP contribution is 2.40. The van der Waals surface area contributed by atoms with Gasteiger partial charge >= 0.3 is 11.9 Å². The molecule has 256 valence electrons. The molecule has 0 spiro atoms. The van der Waals surface area contributed by atoms with E-state index in [1.807, 2.05) is 36.4 Å². The minimum absolute atomic E-state index is 0.00474. The van der Waals surface area contributed by atoms with Crippen LogP contribution in [-0.4, -0.2) is 45.0 Å². The molecule has 0 bridgehead atoms. The van der Waals surface area contributed by atoms with E-state index in [1.165, 1.54) is 32.1 Å². The van der Waals surface area contributed by atoms with Crippen LogP contribution in [-0.2, 0) is 20.7 Å². The number of hydrogen-bond donors (Lipinski definition) is 0. The van der Waals surface area contributed by atoms with Crippen molar-refractivity contribution in [3.05, 3.63) is 77.4 Å². The van der Waals surface area contributed by atoms with Gasteiger partial charge in [-0.2, -0.15) is 0 Å². The predicted molar refractivity (Wildman–Crippen MR) is 186 cm³/mol. The van der Waals surface area contributed by atoms with Crippen LogP contribution in [0.4, 0.5) is 0 Å². The van der Waals surface area contributed by atoms with Crippen molar-refractivity contribution in [2.75, 3.05) is 33.0 Å². The normalized spacial score (nSPS) is 19.1. The Morgan fingerprint density at radius 2 is 1.44 bits per heavy atom. The second kappa shape index (κ2) is 16.1. The first-order chi connectivity index (χ1) is 23.4. The minimum Gasteiger partial charge on any atom is -0.494 e. The summed E-state index contributed by atoms with van der Waals surface area (Å²) in [6.07, 6.45) is 12.1. The third-order valence-electron chi connectivity index (χ3n) is 10.0. The Kier molecular flexibility index (Phi) is 11.5. The molecule has 3 aromatic carbocycles. The summed E-state index contributed by atoms with van der Waals surface area (Å²) >= 11 is 0. The van der Waals surface area contributed by atoms with Crippen molar-refractivity contribution < 1.29 is 33.3 Å². The fourth-order valence-corrected chi connectivity index (χ4v) is 7.09. The number of esters is 2. The van der Waals surface area contributed by atoms with E-state index >= 15 is 0 Å². The van der Waals surface area contributed by atoms with Gasteiger partial charge in [-0.3, -0.25) is 4.79 Å². The van der Waals surface area contributed by atoms with E-state index in [0.717, 1.165) is 73.5 Å². The van der Waals surface area contributed by atoms with Gasteiger partial charge in [-0.1, -0.05) is 58.1 Å². The number of rotatable bonds is 16. The standard InChI is InChI=1S/C41H50O7/c1-3-4-5-6-8-29-9-11-30(12-10-29)39(42)47-35-17-19-37-32(24-35)23-33-25-36(18-20-38(33)37)48-40(43)31-13-15-34(16-14-31)46-22-7-21-44-26-41(2)27-45-28-41/h13-20,24-25,29-30H,3-12,21-23,26-28H2,1-2H3. The Labute approximate surface area is 285 Å². The number of carbonyl (C=O) groups excluding carboxylic acids is 2. The fourth-order valence-electron chi connectivity index (χ4n) is 7.09. The summed E-state index contributed by atoms with van der Waals surface area (Å²) in [7, 11) is 0.